The minimum Gasteiger partial charge on any atom is -0.397 e. The van der Waals surface area contributed by atoms with Gasteiger partial charge >= 0.3 is 0 Å². The fourth-order valence-corrected chi connectivity index (χ4v) is 3.19. The molecule has 0 radical (unpaired) electrons. The molecule has 0 saturated heterocycles. The van der Waals surface area contributed by atoms with E-state index in [9.17, 15) is 14.3 Å². The molecule has 0 saturated carbocycles. The first-order valence-electron chi connectivity index (χ1n) is 9.87. The average Bonchev–Trinajstić information content (AvgIpc) is 2.76. The minimum absolute atomic E-state index is 0.0876. The number of nitrogens with one attached hydrogen (secondary N) is 1. The highest BCUT2D eigenvalue weighted by molar-refractivity contribution is 6.05. The second-order valence-corrected chi connectivity index (χ2v) is 7.12. The first-order chi connectivity index (χ1) is 14.5. The summed E-state index contributed by atoms with van der Waals surface area (Å²) in [6.45, 7) is 2.16. The maximum absolute atomic E-state index is 13.4. The summed E-state index contributed by atoms with van der Waals surface area (Å²) in [6, 6.07) is 21.3. The van der Waals surface area contributed by atoms with Crippen molar-refractivity contribution in [2.45, 2.75) is 13.0 Å². The first kappa shape index (κ1) is 21.5. The summed E-state index contributed by atoms with van der Waals surface area (Å²) in [5, 5.41) is 12.0. The van der Waals surface area contributed by atoms with Crippen LogP contribution in [0.25, 0.3) is 0 Å². The topological polar surface area (TPSA) is 78.6 Å². The number of benzene rings is 3. The van der Waals surface area contributed by atoms with E-state index in [0.717, 1.165) is 18.5 Å². The van der Waals surface area contributed by atoms with Crippen molar-refractivity contribution >= 4 is 17.3 Å². The Balaban J connectivity index is 1.60. The van der Waals surface area contributed by atoms with Gasteiger partial charge in [-0.05, 0) is 47.9 Å². The van der Waals surface area contributed by atoms with E-state index in [1.54, 1.807) is 12.1 Å². The molecule has 0 fully saturated rings. The Morgan fingerprint density at radius 2 is 1.70 bits per heavy atom. The van der Waals surface area contributed by atoms with Crippen molar-refractivity contribution in [2.24, 2.45) is 0 Å². The molecule has 3 aromatic carbocycles. The third-order valence-electron chi connectivity index (χ3n) is 4.86. The summed E-state index contributed by atoms with van der Waals surface area (Å²) in [4.78, 5) is 14.6. The van der Waals surface area contributed by atoms with E-state index in [0.29, 0.717) is 24.3 Å². The van der Waals surface area contributed by atoms with Gasteiger partial charge < -0.3 is 16.2 Å². The van der Waals surface area contributed by atoms with Gasteiger partial charge in [0.05, 0.1) is 18.0 Å². The number of aliphatic hydroxyl groups is 1. The van der Waals surface area contributed by atoms with Gasteiger partial charge in [-0.3, -0.25) is 9.69 Å². The van der Waals surface area contributed by atoms with E-state index in [1.165, 1.54) is 23.8 Å². The van der Waals surface area contributed by atoms with Gasteiger partial charge in [-0.2, -0.15) is 0 Å². The Labute approximate surface area is 176 Å². The second-order valence-electron chi connectivity index (χ2n) is 7.12. The summed E-state index contributed by atoms with van der Waals surface area (Å²) >= 11 is 0. The number of anilines is 2. The molecule has 0 aliphatic rings. The number of rotatable bonds is 9. The molecule has 0 aromatic heterocycles. The smallest absolute Gasteiger partial charge is 0.255 e. The van der Waals surface area contributed by atoms with Crippen LogP contribution in [0.5, 0.6) is 0 Å². The van der Waals surface area contributed by atoms with E-state index < -0.39 is 5.82 Å². The average molecular weight is 407 g/mol. The van der Waals surface area contributed by atoms with E-state index in [4.69, 9.17) is 5.73 Å². The molecule has 0 heterocycles. The summed E-state index contributed by atoms with van der Waals surface area (Å²) in [7, 11) is 0. The van der Waals surface area contributed by atoms with Gasteiger partial charge in [-0.15, -0.1) is 0 Å². The number of hydrogen-bond donors (Lipinski definition) is 3. The maximum atomic E-state index is 13.4. The molecule has 1 amide bonds. The highest BCUT2D eigenvalue weighted by atomic mass is 19.1. The van der Waals surface area contributed by atoms with Crippen LogP contribution >= 0.6 is 0 Å². The standard InChI is InChI=1S/C24H26FN3O2/c25-21-10-11-22(26)23(16-21)27-24(30)20-8-6-19(7-9-20)17-28(14-15-29)13-12-18-4-2-1-3-5-18/h1-11,16,29H,12-15,17,26H2,(H,27,30). The van der Waals surface area contributed by atoms with E-state index in [-0.39, 0.29) is 18.2 Å². The fourth-order valence-electron chi connectivity index (χ4n) is 3.19. The molecule has 4 N–H and O–H groups in total. The Bertz CT molecular complexity index is 962. The second kappa shape index (κ2) is 10.5. The number of carbonyl (C=O) groups is 1. The van der Waals surface area contributed by atoms with Crippen LogP contribution in [-0.4, -0.2) is 35.6 Å². The molecule has 0 unspecified atom stereocenters. The quantitative estimate of drug-likeness (QED) is 0.473. The summed E-state index contributed by atoms with van der Waals surface area (Å²) in [5.74, 6) is -0.815. The normalized spacial score (nSPS) is 10.9. The van der Waals surface area contributed by atoms with Gasteiger partial charge in [0.25, 0.3) is 5.91 Å². The molecular weight excluding hydrogens is 381 g/mol. The van der Waals surface area contributed by atoms with Gasteiger partial charge in [0.15, 0.2) is 0 Å². The lowest BCUT2D eigenvalue weighted by Gasteiger charge is -2.21. The number of nitrogen functional groups attached to an aromatic ring is 1. The third kappa shape index (κ3) is 6.14. The van der Waals surface area contributed by atoms with Crippen LogP contribution in [0.2, 0.25) is 0 Å². The van der Waals surface area contributed by atoms with Crippen molar-refractivity contribution in [1.29, 1.82) is 0 Å². The zero-order valence-electron chi connectivity index (χ0n) is 16.7. The van der Waals surface area contributed by atoms with Crippen LogP contribution in [0.3, 0.4) is 0 Å². The molecule has 30 heavy (non-hydrogen) atoms. The lowest BCUT2D eigenvalue weighted by Crippen LogP contribution is -2.28. The van der Waals surface area contributed by atoms with Gasteiger partial charge in [0.2, 0.25) is 0 Å². The van der Waals surface area contributed by atoms with Crippen LogP contribution in [0.15, 0.2) is 72.8 Å². The van der Waals surface area contributed by atoms with Crippen LogP contribution in [-0.2, 0) is 13.0 Å². The number of carbonyl (C=O) groups excluding carboxylic acids is 1. The summed E-state index contributed by atoms with van der Waals surface area (Å²) in [6.07, 6.45) is 0.899. The minimum atomic E-state index is -0.464. The van der Waals surface area contributed by atoms with Crippen molar-refractivity contribution in [3.8, 4) is 0 Å². The molecule has 0 aliphatic carbocycles. The van der Waals surface area contributed by atoms with Crippen molar-refractivity contribution in [3.05, 3.63) is 95.3 Å². The Kier molecular flexibility index (Phi) is 7.54. The predicted molar refractivity (Wildman–Crippen MR) is 118 cm³/mol. The van der Waals surface area contributed by atoms with Crippen LogP contribution in [0.4, 0.5) is 15.8 Å². The Morgan fingerprint density at radius 3 is 2.40 bits per heavy atom. The van der Waals surface area contributed by atoms with Gasteiger partial charge in [0.1, 0.15) is 5.82 Å². The number of halogens is 1. The number of amides is 1. The highest BCUT2D eigenvalue weighted by Crippen LogP contribution is 2.20. The fraction of sp³-hybridized carbons (Fsp3) is 0.208. The zero-order chi connectivity index (χ0) is 21.3. The lowest BCUT2D eigenvalue weighted by atomic mass is 10.1. The number of nitrogens with two attached hydrogens (primary N) is 1. The lowest BCUT2D eigenvalue weighted by molar-refractivity contribution is 0.102. The maximum Gasteiger partial charge on any atom is 0.255 e. The molecular formula is C24H26FN3O2. The first-order valence-corrected chi connectivity index (χ1v) is 9.87. The SMILES string of the molecule is Nc1ccc(F)cc1NC(=O)c1ccc(CN(CCO)CCc2ccccc2)cc1. The molecule has 5 nitrogen and oxygen atoms in total. The molecule has 0 spiro atoms. The molecule has 0 aliphatic heterocycles. The van der Waals surface area contributed by atoms with Crippen molar-refractivity contribution in [3.63, 3.8) is 0 Å². The summed E-state index contributed by atoms with van der Waals surface area (Å²) < 4.78 is 13.4. The van der Waals surface area contributed by atoms with Crippen LogP contribution in [0, 0.1) is 5.82 Å². The Morgan fingerprint density at radius 1 is 0.967 bits per heavy atom. The van der Waals surface area contributed by atoms with Gasteiger partial charge in [-0.1, -0.05) is 42.5 Å². The summed E-state index contributed by atoms with van der Waals surface area (Å²) in [5.41, 5.74) is 9.09. The molecule has 6 heteroatoms. The van der Waals surface area contributed by atoms with E-state index in [2.05, 4.69) is 22.3 Å². The van der Waals surface area contributed by atoms with E-state index in [1.807, 2.05) is 30.3 Å². The molecule has 156 valence electrons. The van der Waals surface area contributed by atoms with Crippen LogP contribution in [0.1, 0.15) is 21.5 Å². The predicted octanol–water partition coefficient (Wildman–Crippen LogP) is 3.70. The van der Waals surface area contributed by atoms with Gasteiger partial charge in [0, 0.05) is 25.2 Å². The highest BCUT2D eigenvalue weighted by Gasteiger charge is 2.11. The number of nitrogens with zero attached hydrogens (tertiary/aromatic N) is 1. The Hall–Kier alpha value is -3.22. The van der Waals surface area contributed by atoms with Crippen molar-refractivity contribution in [1.82, 2.24) is 4.90 Å². The van der Waals surface area contributed by atoms with Crippen LogP contribution < -0.4 is 11.1 Å². The molecule has 0 atom stereocenters. The largest absolute Gasteiger partial charge is 0.397 e. The van der Waals surface area contributed by atoms with E-state index >= 15 is 0 Å². The van der Waals surface area contributed by atoms with Crippen molar-refractivity contribution in [2.75, 3.05) is 30.7 Å². The molecule has 3 aromatic rings. The number of aliphatic hydroxyl groups excluding tert-OH is 1. The number of hydrogen-bond acceptors (Lipinski definition) is 4. The monoisotopic (exact) mass is 407 g/mol. The molecule has 3 rings (SSSR count). The third-order valence-corrected chi connectivity index (χ3v) is 4.86. The zero-order valence-corrected chi connectivity index (χ0v) is 16.7. The van der Waals surface area contributed by atoms with Gasteiger partial charge in [-0.25, -0.2) is 4.39 Å². The van der Waals surface area contributed by atoms with Crippen molar-refractivity contribution < 1.29 is 14.3 Å². The molecule has 0 bridgehead atoms.